The lowest BCUT2D eigenvalue weighted by atomic mass is 9.96. The monoisotopic (exact) mass is 468 g/mol. The highest BCUT2D eigenvalue weighted by Gasteiger charge is 2.52. The summed E-state index contributed by atoms with van der Waals surface area (Å²) < 4.78 is 27.2. The molecule has 1 aliphatic heterocycles. The quantitative estimate of drug-likeness (QED) is 0.246. The molecule has 1 fully saturated rings. The maximum absolute atomic E-state index is 11.9. The van der Waals surface area contributed by atoms with Crippen molar-refractivity contribution in [2.45, 2.75) is 58.3 Å². The molecule has 1 aliphatic rings. The molecule has 33 heavy (non-hydrogen) atoms. The number of esters is 3. The van der Waals surface area contributed by atoms with Crippen molar-refractivity contribution in [1.82, 2.24) is 5.32 Å². The molecule has 1 heterocycles. The number of carbonyl (C=O) groups is 4. The van der Waals surface area contributed by atoms with Crippen LogP contribution < -0.4 is 10.1 Å². The van der Waals surface area contributed by atoms with Gasteiger partial charge in [-0.3, -0.25) is 29.3 Å². The van der Waals surface area contributed by atoms with Gasteiger partial charge in [-0.05, 0) is 6.07 Å². The molecule has 2 rings (SSSR count). The molecule has 1 N–H and O–H groups in total. The lowest BCUT2D eigenvalue weighted by Crippen LogP contribution is -2.67. The van der Waals surface area contributed by atoms with Crippen molar-refractivity contribution in [3.05, 3.63) is 34.4 Å². The predicted octanol–water partition coefficient (Wildman–Crippen LogP) is 0.630. The van der Waals surface area contributed by atoms with Gasteiger partial charge in [0.25, 0.3) is 5.69 Å². The van der Waals surface area contributed by atoms with Crippen LogP contribution in [0.4, 0.5) is 5.69 Å². The molecule has 0 bridgehead atoms. The number of ether oxygens (including phenoxy) is 5. The topological polar surface area (TPSA) is 170 Å². The molecule has 0 saturated carbocycles. The van der Waals surface area contributed by atoms with E-state index in [0.717, 1.165) is 26.8 Å². The summed E-state index contributed by atoms with van der Waals surface area (Å²) in [6, 6.07) is 3.99. The third-order valence-corrected chi connectivity index (χ3v) is 4.35. The van der Waals surface area contributed by atoms with Crippen LogP contribution in [0.15, 0.2) is 24.3 Å². The Labute approximate surface area is 188 Å². The second kappa shape index (κ2) is 11.2. The zero-order valence-corrected chi connectivity index (χ0v) is 18.3. The second-order valence-electron chi connectivity index (χ2n) is 7.09. The summed E-state index contributed by atoms with van der Waals surface area (Å²) in [6.45, 7) is 4.19. The van der Waals surface area contributed by atoms with Crippen molar-refractivity contribution in [1.29, 1.82) is 0 Å². The van der Waals surface area contributed by atoms with Crippen molar-refractivity contribution in [3.63, 3.8) is 0 Å². The number of nitrogens with zero attached hydrogens (tertiary/aromatic N) is 1. The number of nitrogens with one attached hydrogen (secondary N) is 1. The number of carbonyl (C=O) groups excluding carboxylic acids is 4. The Bertz CT molecular complexity index is 919. The zero-order chi connectivity index (χ0) is 24.7. The molecule has 1 amide bonds. The van der Waals surface area contributed by atoms with Crippen LogP contribution in [0.5, 0.6) is 5.75 Å². The Morgan fingerprint density at radius 2 is 1.67 bits per heavy atom. The van der Waals surface area contributed by atoms with Crippen LogP contribution in [-0.2, 0) is 38.1 Å². The molecule has 0 radical (unpaired) electrons. The van der Waals surface area contributed by atoms with E-state index in [1.807, 2.05) is 0 Å². The van der Waals surface area contributed by atoms with Gasteiger partial charge in [0.15, 0.2) is 12.2 Å². The smallest absolute Gasteiger partial charge is 0.303 e. The number of nitro benzene ring substituents is 1. The fraction of sp³-hybridized carbons (Fsp3) is 0.500. The highest BCUT2D eigenvalue weighted by Crippen LogP contribution is 2.30. The average molecular weight is 468 g/mol. The summed E-state index contributed by atoms with van der Waals surface area (Å²) >= 11 is 0. The van der Waals surface area contributed by atoms with E-state index < -0.39 is 66.0 Å². The van der Waals surface area contributed by atoms with Gasteiger partial charge in [-0.15, -0.1) is 0 Å². The number of hydrogen-bond donors (Lipinski definition) is 1. The molecule has 0 spiro atoms. The molecule has 1 aromatic rings. The van der Waals surface area contributed by atoms with E-state index in [9.17, 15) is 29.3 Å². The first kappa shape index (κ1) is 25.5. The van der Waals surface area contributed by atoms with Crippen LogP contribution in [0, 0.1) is 10.1 Å². The van der Waals surface area contributed by atoms with Crippen molar-refractivity contribution >= 4 is 29.5 Å². The minimum absolute atomic E-state index is 0.0169. The summed E-state index contributed by atoms with van der Waals surface area (Å²) in [7, 11) is 0. The lowest BCUT2D eigenvalue weighted by Gasteiger charge is -2.44. The van der Waals surface area contributed by atoms with Crippen LogP contribution in [0.25, 0.3) is 0 Å². The lowest BCUT2D eigenvalue weighted by molar-refractivity contribution is -0.385. The Morgan fingerprint density at radius 3 is 2.21 bits per heavy atom. The van der Waals surface area contributed by atoms with Gasteiger partial charge < -0.3 is 29.0 Å². The van der Waals surface area contributed by atoms with Crippen LogP contribution in [0.2, 0.25) is 0 Å². The van der Waals surface area contributed by atoms with E-state index in [1.54, 1.807) is 0 Å². The first-order valence-corrected chi connectivity index (χ1v) is 9.79. The maximum Gasteiger partial charge on any atom is 0.303 e. The standard InChI is InChI=1S/C20H24N2O11/c1-10(23)21-17-19(31-13(4)26)18(30-12(3)25)16(9-29-11(2)24)33-20(17)32-15-7-5-6-14(8-15)22(27)28/h5-8,16-20H,9H2,1-4H3,(H,21,23)/t16-,17+,18+,19+,20+/m0/s1. The van der Waals surface area contributed by atoms with Crippen LogP contribution in [0.3, 0.4) is 0 Å². The molecule has 0 unspecified atom stereocenters. The molecular formula is C20H24N2O11. The van der Waals surface area contributed by atoms with Gasteiger partial charge in [-0.2, -0.15) is 0 Å². The molecule has 13 heteroatoms. The number of rotatable bonds is 8. The first-order chi connectivity index (χ1) is 15.5. The van der Waals surface area contributed by atoms with E-state index >= 15 is 0 Å². The minimum atomic E-state index is -1.37. The summed E-state index contributed by atoms with van der Waals surface area (Å²) in [6.07, 6.45) is -5.09. The van der Waals surface area contributed by atoms with Crippen molar-refractivity contribution < 1.29 is 47.8 Å². The highest BCUT2D eigenvalue weighted by atomic mass is 16.7. The molecule has 13 nitrogen and oxygen atoms in total. The fourth-order valence-electron chi connectivity index (χ4n) is 3.20. The van der Waals surface area contributed by atoms with Gasteiger partial charge >= 0.3 is 17.9 Å². The normalized spacial score (nSPS) is 24.2. The van der Waals surface area contributed by atoms with E-state index in [4.69, 9.17) is 23.7 Å². The van der Waals surface area contributed by atoms with Crippen LogP contribution >= 0.6 is 0 Å². The minimum Gasteiger partial charge on any atom is -0.463 e. The SMILES string of the molecule is CC(=O)N[C@H]1[C@H](Oc2cccc([N+](=O)[O-])c2)O[C@@H](COC(C)=O)[C@@H](OC(C)=O)[C@@H]1OC(C)=O. The Morgan fingerprint density at radius 1 is 1.03 bits per heavy atom. The number of hydrogen-bond acceptors (Lipinski definition) is 11. The molecule has 5 atom stereocenters. The Balaban J connectivity index is 2.47. The third-order valence-electron chi connectivity index (χ3n) is 4.35. The maximum atomic E-state index is 11.9. The van der Waals surface area contributed by atoms with E-state index in [2.05, 4.69) is 5.32 Å². The summed E-state index contributed by atoms with van der Waals surface area (Å²) in [5.74, 6) is -2.68. The zero-order valence-electron chi connectivity index (χ0n) is 18.3. The predicted molar refractivity (Wildman–Crippen MR) is 108 cm³/mol. The van der Waals surface area contributed by atoms with E-state index in [1.165, 1.54) is 25.1 Å². The number of nitro groups is 1. The average Bonchev–Trinajstić information content (AvgIpc) is 2.70. The molecule has 0 aliphatic carbocycles. The molecule has 1 saturated heterocycles. The van der Waals surface area contributed by atoms with Gasteiger partial charge in [-0.1, -0.05) is 6.07 Å². The van der Waals surface area contributed by atoms with Gasteiger partial charge in [0.1, 0.15) is 24.5 Å². The fourth-order valence-corrected chi connectivity index (χ4v) is 3.20. The molecule has 180 valence electrons. The summed E-state index contributed by atoms with van der Waals surface area (Å²) in [5, 5.41) is 13.6. The van der Waals surface area contributed by atoms with Crippen LogP contribution in [0.1, 0.15) is 27.7 Å². The first-order valence-electron chi connectivity index (χ1n) is 9.79. The van der Waals surface area contributed by atoms with Gasteiger partial charge in [0.05, 0.1) is 11.0 Å². The molecular weight excluding hydrogens is 444 g/mol. The van der Waals surface area contributed by atoms with Gasteiger partial charge in [0, 0.05) is 33.8 Å². The van der Waals surface area contributed by atoms with Crippen molar-refractivity contribution in [2.24, 2.45) is 0 Å². The van der Waals surface area contributed by atoms with Gasteiger partial charge in [0.2, 0.25) is 12.2 Å². The largest absolute Gasteiger partial charge is 0.463 e. The summed E-state index contributed by atoms with van der Waals surface area (Å²) in [4.78, 5) is 57.2. The molecule has 1 aromatic carbocycles. The highest BCUT2D eigenvalue weighted by molar-refractivity contribution is 5.73. The number of non-ortho nitro benzene ring substituents is 1. The van der Waals surface area contributed by atoms with E-state index in [-0.39, 0.29) is 11.4 Å². The molecule has 0 aromatic heterocycles. The Kier molecular flexibility index (Phi) is 8.68. The number of benzene rings is 1. The van der Waals surface area contributed by atoms with Gasteiger partial charge in [-0.25, -0.2) is 0 Å². The second-order valence-corrected chi connectivity index (χ2v) is 7.09. The van der Waals surface area contributed by atoms with E-state index in [0.29, 0.717) is 0 Å². The Hall–Kier alpha value is -3.74. The van der Waals surface area contributed by atoms with Crippen molar-refractivity contribution in [2.75, 3.05) is 6.61 Å². The number of amides is 1. The summed E-state index contributed by atoms with van der Waals surface area (Å²) in [5.41, 5.74) is -0.259. The van der Waals surface area contributed by atoms with Crippen LogP contribution in [-0.4, -0.2) is 66.0 Å². The third kappa shape index (κ3) is 7.42. The van der Waals surface area contributed by atoms with Crippen molar-refractivity contribution in [3.8, 4) is 5.75 Å².